The Kier molecular flexibility index (Phi) is 5.03. The predicted molar refractivity (Wildman–Crippen MR) is 88.2 cm³/mol. The Morgan fingerprint density at radius 2 is 1.95 bits per heavy atom. The van der Waals surface area contributed by atoms with E-state index in [4.69, 9.17) is 11.6 Å². The van der Waals surface area contributed by atoms with Gasteiger partial charge >= 0.3 is 0 Å². The maximum absolute atomic E-state index is 6.09. The Hall–Kier alpha value is -0.0900. The Morgan fingerprint density at radius 1 is 1.20 bits per heavy atom. The van der Waals surface area contributed by atoms with Crippen LogP contribution in [0.5, 0.6) is 0 Å². The first-order chi connectivity index (χ1) is 9.70. The van der Waals surface area contributed by atoms with Gasteiger partial charge in [-0.25, -0.2) is 0 Å². The third-order valence-corrected chi connectivity index (χ3v) is 5.39. The van der Waals surface area contributed by atoms with Gasteiger partial charge < -0.3 is 5.32 Å². The Morgan fingerprint density at radius 3 is 2.65 bits per heavy atom. The molecule has 0 atom stereocenters. The molecule has 2 fully saturated rings. The summed E-state index contributed by atoms with van der Waals surface area (Å²) < 4.78 is 1.16. The van der Waals surface area contributed by atoms with E-state index in [0.29, 0.717) is 0 Å². The van der Waals surface area contributed by atoms with Gasteiger partial charge in [-0.2, -0.15) is 0 Å². The first kappa shape index (κ1) is 14.8. The number of nitrogens with one attached hydrogen (secondary N) is 1. The van der Waals surface area contributed by atoms with Crippen molar-refractivity contribution >= 4 is 27.5 Å². The highest BCUT2D eigenvalue weighted by atomic mass is 79.9. The van der Waals surface area contributed by atoms with Gasteiger partial charge in [-0.05, 0) is 75.0 Å². The monoisotopic (exact) mass is 356 g/mol. The van der Waals surface area contributed by atoms with Crippen LogP contribution < -0.4 is 5.32 Å². The number of nitrogens with zero attached hydrogens (tertiary/aromatic N) is 1. The highest BCUT2D eigenvalue weighted by Gasteiger charge is 2.24. The van der Waals surface area contributed by atoms with Crippen molar-refractivity contribution in [1.29, 1.82) is 0 Å². The molecule has 1 aliphatic carbocycles. The van der Waals surface area contributed by atoms with Gasteiger partial charge in [0.1, 0.15) is 0 Å². The molecular formula is C16H22BrClN2. The molecule has 1 heterocycles. The van der Waals surface area contributed by atoms with E-state index < -0.39 is 0 Å². The lowest BCUT2D eigenvalue weighted by Gasteiger charge is -2.32. The average molecular weight is 358 g/mol. The maximum atomic E-state index is 6.09. The fraction of sp³-hybridized carbons (Fsp3) is 0.625. The molecule has 2 nitrogen and oxygen atoms in total. The van der Waals surface area contributed by atoms with E-state index in [9.17, 15) is 0 Å². The van der Waals surface area contributed by atoms with Crippen molar-refractivity contribution < 1.29 is 0 Å². The molecule has 20 heavy (non-hydrogen) atoms. The van der Waals surface area contributed by atoms with E-state index in [-0.39, 0.29) is 0 Å². The molecule has 0 amide bonds. The molecule has 1 saturated carbocycles. The standard InChI is InChI=1S/C16H22BrClN2/c17-16-4-3-14(18)9-13(16)11-20-7-5-15(6-8-20)19-10-12-1-2-12/h3-4,9,12,15,19H,1-2,5-8,10-11H2. The van der Waals surface area contributed by atoms with E-state index in [1.165, 1.54) is 50.9 Å². The van der Waals surface area contributed by atoms with Gasteiger partial charge in [0, 0.05) is 22.1 Å². The zero-order valence-electron chi connectivity index (χ0n) is 11.7. The van der Waals surface area contributed by atoms with Crippen LogP contribution in [0.1, 0.15) is 31.2 Å². The normalized spacial score (nSPS) is 21.3. The Bertz CT molecular complexity index is 454. The second-order valence-corrected chi connectivity index (χ2v) is 7.43. The number of halogens is 2. The van der Waals surface area contributed by atoms with Gasteiger partial charge in [0.05, 0.1) is 0 Å². The Balaban J connectivity index is 1.46. The molecule has 110 valence electrons. The van der Waals surface area contributed by atoms with Crippen molar-refractivity contribution in [3.63, 3.8) is 0 Å². The summed E-state index contributed by atoms with van der Waals surface area (Å²) in [5, 5.41) is 4.55. The number of benzene rings is 1. The van der Waals surface area contributed by atoms with Crippen LogP contribution >= 0.6 is 27.5 Å². The second-order valence-electron chi connectivity index (χ2n) is 6.14. The van der Waals surface area contributed by atoms with Gasteiger partial charge in [-0.15, -0.1) is 0 Å². The number of hydrogen-bond donors (Lipinski definition) is 1. The summed E-state index contributed by atoms with van der Waals surface area (Å²) in [4.78, 5) is 2.53. The summed E-state index contributed by atoms with van der Waals surface area (Å²) in [6, 6.07) is 6.78. The largest absolute Gasteiger partial charge is 0.314 e. The van der Waals surface area contributed by atoms with Crippen LogP contribution in [0.4, 0.5) is 0 Å². The topological polar surface area (TPSA) is 15.3 Å². The number of rotatable bonds is 5. The summed E-state index contributed by atoms with van der Waals surface area (Å²) >= 11 is 9.70. The number of hydrogen-bond acceptors (Lipinski definition) is 2. The quantitative estimate of drug-likeness (QED) is 0.854. The molecule has 1 aromatic carbocycles. The Labute approximate surface area is 135 Å². The summed E-state index contributed by atoms with van der Waals surface area (Å²) in [7, 11) is 0. The van der Waals surface area contributed by atoms with E-state index in [2.05, 4.69) is 32.2 Å². The first-order valence-corrected chi connectivity index (χ1v) is 8.77. The molecule has 4 heteroatoms. The molecule has 1 aromatic rings. The highest BCUT2D eigenvalue weighted by molar-refractivity contribution is 9.10. The van der Waals surface area contributed by atoms with Crippen molar-refractivity contribution in [2.24, 2.45) is 5.92 Å². The molecule has 0 unspecified atom stereocenters. The molecule has 1 N–H and O–H groups in total. The minimum Gasteiger partial charge on any atom is -0.314 e. The first-order valence-electron chi connectivity index (χ1n) is 7.60. The van der Waals surface area contributed by atoms with E-state index in [1.807, 2.05) is 12.1 Å². The molecule has 0 radical (unpaired) electrons. The summed E-state index contributed by atoms with van der Waals surface area (Å²) in [6.07, 6.45) is 5.42. The second kappa shape index (κ2) is 6.78. The highest BCUT2D eigenvalue weighted by Crippen LogP contribution is 2.28. The summed E-state index contributed by atoms with van der Waals surface area (Å²) in [5.74, 6) is 0.982. The minimum atomic E-state index is 0.731. The predicted octanol–water partition coefficient (Wildman–Crippen LogP) is 4.07. The van der Waals surface area contributed by atoms with Gasteiger partial charge in [0.25, 0.3) is 0 Å². The van der Waals surface area contributed by atoms with Gasteiger partial charge in [0.2, 0.25) is 0 Å². The zero-order chi connectivity index (χ0) is 13.9. The van der Waals surface area contributed by atoms with Crippen molar-refractivity contribution in [3.8, 4) is 0 Å². The van der Waals surface area contributed by atoms with Crippen LogP contribution in [0.3, 0.4) is 0 Å². The van der Waals surface area contributed by atoms with Crippen LogP contribution in [0.2, 0.25) is 5.02 Å². The summed E-state index contributed by atoms with van der Waals surface area (Å²) in [5.41, 5.74) is 1.29. The van der Waals surface area contributed by atoms with Gasteiger partial charge in [0.15, 0.2) is 0 Å². The molecule has 2 aliphatic rings. The maximum Gasteiger partial charge on any atom is 0.0410 e. The van der Waals surface area contributed by atoms with E-state index >= 15 is 0 Å². The number of likely N-dealkylation sites (tertiary alicyclic amines) is 1. The van der Waals surface area contributed by atoms with Gasteiger partial charge in [-0.3, -0.25) is 4.90 Å². The average Bonchev–Trinajstić information content (AvgIpc) is 3.26. The molecule has 0 aromatic heterocycles. The van der Waals surface area contributed by atoms with Crippen molar-refractivity contribution in [1.82, 2.24) is 10.2 Å². The molecule has 0 spiro atoms. The fourth-order valence-corrected chi connectivity index (χ4v) is 3.42. The fourth-order valence-electron chi connectivity index (χ4n) is 2.86. The van der Waals surface area contributed by atoms with Crippen LogP contribution in [-0.2, 0) is 6.54 Å². The smallest absolute Gasteiger partial charge is 0.0410 e. The molecule has 1 aliphatic heterocycles. The van der Waals surface area contributed by atoms with Gasteiger partial charge in [-0.1, -0.05) is 27.5 Å². The number of piperidine rings is 1. The lowest BCUT2D eigenvalue weighted by Crippen LogP contribution is -2.42. The molecule has 1 saturated heterocycles. The lowest BCUT2D eigenvalue weighted by molar-refractivity contribution is 0.190. The van der Waals surface area contributed by atoms with Crippen molar-refractivity contribution in [2.75, 3.05) is 19.6 Å². The third kappa shape index (κ3) is 4.20. The SMILES string of the molecule is Clc1ccc(Br)c(CN2CCC(NCC3CC3)CC2)c1. The minimum absolute atomic E-state index is 0.731. The zero-order valence-corrected chi connectivity index (χ0v) is 14.1. The molecular weight excluding hydrogens is 336 g/mol. The molecule has 0 bridgehead atoms. The van der Waals surface area contributed by atoms with Crippen LogP contribution in [0.15, 0.2) is 22.7 Å². The van der Waals surface area contributed by atoms with Crippen LogP contribution in [-0.4, -0.2) is 30.6 Å². The van der Waals surface area contributed by atoms with Crippen LogP contribution in [0, 0.1) is 5.92 Å². The lowest BCUT2D eigenvalue weighted by atomic mass is 10.0. The van der Waals surface area contributed by atoms with Crippen LogP contribution in [0.25, 0.3) is 0 Å². The van der Waals surface area contributed by atoms with E-state index in [0.717, 1.165) is 28.0 Å². The molecule has 3 rings (SSSR count). The summed E-state index contributed by atoms with van der Waals surface area (Å²) in [6.45, 7) is 4.60. The van der Waals surface area contributed by atoms with Crippen molar-refractivity contribution in [3.05, 3.63) is 33.3 Å². The van der Waals surface area contributed by atoms with Crippen molar-refractivity contribution in [2.45, 2.75) is 38.3 Å². The van der Waals surface area contributed by atoms with E-state index in [1.54, 1.807) is 0 Å². The third-order valence-electron chi connectivity index (χ3n) is 4.38.